The van der Waals surface area contributed by atoms with Crippen LogP contribution in [0.5, 0.6) is 0 Å². The van der Waals surface area contributed by atoms with E-state index in [2.05, 4.69) is 22.1 Å². The number of carbonyl (C=O) groups excluding carboxylic acids is 1. The van der Waals surface area contributed by atoms with Crippen LogP contribution >= 0.6 is 0 Å². The zero-order valence-corrected chi connectivity index (χ0v) is 11.0. The minimum absolute atomic E-state index is 0.0237. The Kier molecular flexibility index (Phi) is 7.25. The normalized spacial score (nSPS) is 9.58. The number of rotatable bonds is 6. The predicted octanol–water partition coefficient (Wildman–Crippen LogP) is 1.18. The van der Waals surface area contributed by atoms with Crippen LogP contribution in [-0.4, -0.2) is 35.8 Å². The molecule has 0 saturated heterocycles. The quantitative estimate of drug-likeness (QED) is 0.596. The third-order valence-electron chi connectivity index (χ3n) is 2.08. The van der Waals surface area contributed by atoms with E-state index < -0.39 is 0 Å². The molecule has 0 aliphatic carbocycles. The van der Waals surface area contributed by atoms with Gasteiger partial charge in [0.05, 0.1) is 6.61 Å². The molecule has 102 valence electrons. The molecule has 0 saturated carbocycles. The monoisotopic (exact) mass is 262 g/mol. The van der Waals surface area contributed by atoms with Gasteiger partial charge in [-0.15, -0.1) is 0 Å². The van der Waals surface area contributed by atoms with Gasteiger partial charge in [-0.3, -0.25) is 4.79 Å². The van der Waals surface area contributed by atoms with Gasteiger partial charge in [-0.25, -0.2) is 4.98 Å². The molecule has 0 radical (unpaired) electrons. The van der Waals surface area contributed by atoms with Crippen molar-refractivity contribution >= 4 is 11.7 Å². The number of aromatic nitrogens is 1. The van der Waals surface area contributed by atoms with Crippen LogP contribution in [0.2, 0.25) is 0 Å². The fourth-order valence-electron chi connectivity index (χ4n) is 1.29. The lowest BCUT2D eigenvalue weighted by Gasteiger charge is -2.05. The summed E-state index contributed by atoms with van der Waals surface area (Å²) in [5, 5.41) is 11.3. The van der Waals surface area contributed by atoms with Crippen molar-refractivity contribution in [3.63, 3.8) is 0 Å². The van der Waals surface area contributed by atoms with Gasteiger partial charge in [0.1, 0.15) is 12.4 Å². The maximum Gasteiger partial charge on any atom is 0.251 e. The molecule has 5 nitrogen and oxygen atoms in total. The van der Waals surface area contributed by atoms with Crippen molar-refractivity contribution in [1.29, 1.82) is 0 Å². The summed E-state index contributed by atoms with van der Waals surface area (Å²) in [5.74, 6) is 5.90. The third kappa shape index (κ3) is 6.55. The lowest BCUT2D eigenvalue weighted by Crippen LogP contribution is -2.19. The van der Waals surface area contributed by atoms with Gasteiger partial charge in [0.2, 0.25) is 0 Å². The second-order valence-corrected chi connectivity index (χ2v) is 3.81. The van der Waals surface area contributed by atoms with Gasteiger partial charge in [-0.2, -0.15) is 0 Å². The summed E-state index contributed by atoms with van der Waals surface area (Å²) >= 11 is 0. The van der Waals surface area contributed by atoms with Crippen molar-refractivity contribution in [3.8, 4) is 11.8 Å². The zero-order valence-electron chi connectivity index (χ0n) is 11.0. The van der Waals surface area contributed by atoms with E-state index >= 15 is 0 Å². The van der Waals surface area contributed by atoms with Crippen molar-refractivity contribution in [3.05, 3.63) is 23.9 Å². The molecular formula is C14H18N2O3. The van der Waals surface area contributed by atoms with Crippen molar-refractivity contribution < 1.29 is 14.6 Å². The van der Waals surface area contributed by atoms with Gasteiger partial charge in [-0.05, 0) is 18.6 Å². The van der Waals surface area contributed by atoms with E-state index in [9.17, 15) is 4.79 Å². The van der Waals surface area contributed by atoms with Gasteiger partial charge < -0.3 is 15.2 Å². The average Bonchev–Trinajstić information content (AvgIpc) is 2.40. The molecule has 19 heavy (non-hydrogen) atoms. The van der Waals surface area contributed by atoms with Crippen molar-refractivity contribution in [1.82, 2.24) is 4.98 Å². The van der Waals surface area contributed by atoms with Crippen LogP contribution in [0, 0.1) is 11.8 Å². The summed E-state index contributed by atoms with van der Waals surface area (Å²) in [7, 11) is 0. The number of aliphatic hydroxyl groups is 1. The van der Waals surface area contributed by atoms with E-state index in [4.69, 9.17) is 9.84 Å². The lowest BCUT2D eigenvalue weighted by atomic mass is 10.2. The molecule has 1 aromatic rings. The molecule has 1 heterocycles. The Labute approximate surface area is 113 Å². The van der Waals surface area contributed by atoms with Gasteiger partial charge in [0.25, 0.3) is 5.91 Å². The van der Waals surface area contributed by atoms with Gasteiger partial charge in [0, 0.05) is 24.8 Å². The first-order valence-electron chi connectivity index (χ1n) is 6.19. The Balaban J connectivity index is 2.52. The van der Waals surface area contributed by atoms with Crippen molar-refractivity contribution in [2.45, 2.75) is 19.8 Å². The number of hydrogen-bond donors (Lipinski definition) is 2. The first-order chi connectivity index (χ1) is 9.26. The molecule has 1 amide bonds. The van der Waals surface area contributed by atoms with E-state index in [0.717, 1.165) is 12.0 Å². The summed E-state index contributed by atoms with van der Waals surface area (Å²) in [6.45, 7) is 2.61. The lowest BCUT2D eigenvalue weighted by molar-refractivity contribution is -0.120. The molecule has 0 aromatic carbocycles. The molecular weight excluding hydrogens is 244 g/mol. The number of hydrogen-bond acceptors (Lipinski definition) is 4. The van der Waals surface area contributed by atoms with Crippen LogP contribution < -0.4 is 5.32 Å². The number of nitrogens with zero attached hydrogens (tertiary/aromatic N) is 1. The fraction of sp³-hybridized carbons (Fsp3) is 0.429. The molecule has 0 unspecified atom stereocenters. The number of nitrogens with one attached hydrogen (secondary N) is 1. The Morgan fingerprint density at radius 3 is 3.16 bits per heavy atom. The number of ether oxygens (including phenoxy) is 1. The summed E-state index contributed by atoms with van der Waals surface area (Å²) in [4.78, 5) is 15.5. The molecule has 0 spiro atoms. The highest BCUT2D eigenvalue weighted by atomic mass is 16.5. The molecule has 2 N–H and O–H groups in total. The van der Waals surface area contributed by atoms with Crippen LogP contribution in [0.15, 0.2) is 18.3 Å². The van der Waals surface area contributed by atoms with Crippen LogP contribution in [0.1, 0.15) is 25.3 Å². The second kappa shape index (κ2) is 9.09. The highest BCUT2D eigenvalue weighted by Gasteiger charge is 2.03. The van der Waals surface area contributed by atoms with E-state index in [1.807, 2.05) is 6.92 Å². The number of amides is 1. The highest BCUT2D eigenvalue weighted by Crippen LogP contribution is 2.05. The maximum atomic E-state index is 11.5. The molecule has 1 aromatic heterocycles. The van der Waals surface area contributed by atoms with E-state index in [0.29, 0.717) is 18.8 Å². The topological polar surface area (TPSA) is 71.5 Å². The Morgan fingerprint density at radius 2 is 2.42 bits per heavy atom. The zero-order chi connectivity index (χ0) is 13.9. The summed E-state index contributed by atoms with van der Waals surface area (Å²) in [6, 6.07) is 3.43. The predicted molar refractivity (Wildman–Crippen MR) is 72.6 cm³/mol. The van der Waals surface area contributed by atoms with Crippen LogP contribution in [0.25, 0.3) is 0 Å². The third-order valence-corrected chi connectivity index (χ3v) is 2.08. The Morgan fingerprint density at radius 1 is 1.58 bits per heavy atom. The minimum atomic E-state index is -0.235. The molecule has 0 bridgehead atoms. The molecule has 5 heteroatoms. The smallest absolute Gasteiger partial charge is 0.251 e. The molecule has 0 aliphatic rings. The highest BCUT2D eigenvalue weighted by molar-refractivity contribution is 5.90. The minimum Gasteiger partial charge on any atom is -0.395 e. The number of anilines is 1. The van der Waals surface area contributed by atoms with Crippen LogP contribution in [0.3, 0.4) is 0 Å². The molecule has 0 aliphatic heterocycles. The van der Waals surface area contributed by atoms with Crippen molar-refractivity contribution in [2.75, 3.05) is 25.1 Å². The summed E-state index contributed by atoms with van der Waals surface area (Å²) in [6.07, 6.45) is 2.88. The van der Waals surface area contributed by atoms with E-state index in [1.54, 1.807) is 18.3 Å². The van der Waals surface area contributed by atoms with Crippen molar-refractivity contribution in [2.24, 2.45) is 0 Å². The van der Waals surface area contributed by atoms with E-state index in [-0.39, 0.29) is 19.1 Å². The molecule has 1 rings (SSSR count). The van der Waals surface area contributed by atoms with Crippen LogP contribution in [-0.2, 0) is 9.53 Å². The first kappa shape index (κ1) is 15.2. The second-order valence-electron chi connectivity index (χ2n) is 3.81. The molecule has 0 atom stereocenters. The summed E-state index contributed by atoms with van der Waals surface area (Å²) < 4.78 is 5.13. The summed E-state index contributed by atoms with van der Waals surface area (Å²) in [5.41, 5.74) is 0.744. The maximum absolute atomic E-state index is 11.5. The first-order valence-corrected chi connectivity index (χ1v) is 6.19. The van der Waals surface area contributed by atoms with Gasteiger partial charge >= 0.3 is 0 Å². The Hall–Kier alpha value is -1.90. The van der Waals surface area contributed by atoms with Gasteiger partial charge in [0.15, 0.2) is 0 Å². The number of pyridine rings is 1. The van der Waals surface area contributed by atoms with E-state index in [1.165, 1.54) is 0 Å². The number of carbonyl (C=O) groups is 1. The standard InChI is InChI=1S/C14H18N2O3/c1-2-9-19-11-14(18)16-13-10-12(6-7-15-13)5-3-4-8-17/h6-7,10,17H,2,4,8-9,11H2,1H3,(H,15,16,18). The fourth-order valence-corrected chi connectivity index (χ4v) is 1.29. The van der Waals surface area contributed by atoms with Gasteiger partial charge in [-0.1, -0.05) is 18.8 Å². The Bertz CT molecular complexity index is 463. The average molecular weight is 262 g/mol. The number of aliphatic hydroxyl groups excluding tert-OH is 1. The SMILES string of the molecule is CCCOCC(=O)Nc1cc(C#CCCO)ccn1. The molecule has 0 fully saturated rings. The largest absolute Gasteiger partial charge is 0.395 e. The van der Waals surface area contributed by atoms with Crippen LogP contribution in [0.4, 0.5) is 5.82 Å².